The van der Waals surface area contributed by atoms with Crippen molar-refractivity contribution in [3.8, 4) is 0 Å². The minimum Gasteiger partial charge on any atom is -0.353 e. The Kier molecular flexibility index (Phi) is 6.52. The quantitative estimate of drug-likeness (QED) is 0.732. The molecule has 3 N–H and O–H groups in total. The van der Waals surface area contributed by atoms with Crippen LogP contribution in [0.3, 0.4) is 0 Å². The van der Waals surface area contributed by atoms with Crippen molar-refractivity contribution in [2.24, 2.45) is 5.73 Å². The maximum absolute atomic E-state index is 11.9. The number of hydrogen-bond donors (Lipinski definition) is 2. The molecule has 1 heterocycles. The molecule has 4 heteroatoms. The number of amides is 1. The van der Waals surface area contributed by atoms with E-state index in [-0.39, 0.29) is 11.9 Å². The van der Waals surface area contributed by atoms with Crippen LogP contribution in [0.25, 0.3) is 0 Å². The number of nitrogens with one attached hydrogen (secondary N) is 1. The van der Waals surface area contributed by atoms with Gasteiger partial charge in [0.25, 0.3) is 0 Å². The van der Waals surface area contributed by atoms with Gasteiger partial charge in [-0.2, -0.15) is 0 Å². The second-order valence-corrected chi connectivity index (χ2v) is 5.11. The van der Waals surface area contributed by atoms with E-state index in [1.165, 1.54) is 12.8 Å². The number of hydrogen-bond acceptors (Lipinski definition) is 3. The SMILES string of the molecule is CCCC(C)NC(=O)CN1CCCCC1CN. The van der Waals surface area contributed by atoms with Crippen LogP contribution in [0.2, 0.25) is 0 Å². The molecule has 2 unspecified atom stereocenters. The highest BCUT2D eigenvalue weighted by atomic mass is 16.2. The molecule has 1 saturated heterocycles. The lowest BCUT2D eigenvalue weighted by molar-refractivity contribution is -0.123. The van der Waals surface area contributed by atoms with Gasteiger partial charge >= 0.3 is 0 Å². The Labute approximate surface area is 105 Å². The van der Waals surface area contributed by atoms with Gasteiger partial charge in [0.2, 0.25) is 5.91 Å². The molecule has 0 spiro atoms. The third-order valence-electron chi connectivity index (χ3n) is 3.50. The summed E-state index contributed by atoms with van der Waals surface area (Å²) in [7, 11) is 0. The fourth-order valence-corrected chi connectivity index (χ4v) is 2.55. The predicted octanol–water partition coefficient (Wildman–Crippen LogP) is 1.10. The van der Waals surface area contributed by atoms with Gasteiger partial charge in [-0.3, -0.25) is 9.69 Å². The molecule has 100 valence electrons. The molecule has 2 atom stereocenters. The summed E-state index contributed by atoms with van der Waals surface area (Å²) in [5.74, 6) is 0.145. The molecule has 4 nitrogen and oxygen atoms in total. The standard InChI is InChI=1S/C13H27N3O/c1-3-6-11(2)15-13(17)10-16-8-5-4-7-12(16)9-14/h11-12H,3-10,14H2,1-2H3,(H,15,17). The normalized spacial score (nSPS) is 23.4. The first kappa shape index (κ1) is 14.5. The molecule has 0 aromatic carbocycles. The van der Waals surface area contributed by atoms with E-state index < -0.39 is 0 Å². The zero-order chi connectivity index (χ0) is 12.7. The van der Waals surface area contributed by atoms with Gasteiger partial charge in [-0.05, 0) is 32.7 Å². The number of nitrogens with zero attached hydrogens (tertiary/aromatic N) is 1. The zero-order valence-electron chi connectivity index (χ0n) is 11.2. The number of likely N-dealkylation sites (tertiary alicyclic amines) is 1. The summed E-state index contributed by atoms with van der Waals surface area (Å²) in [5.41, 5.74) is 5.74. The highest BCUT2D eigenvalue weighted by molar-refractivity contribution is 5.78. The van der Waals surface area contributed by atoms with E-state index in [1.54, 1.807) is 0 Å². The first-order valence-corrected chi connectivity index (χ1v) is 6.90. The van der Waals surface area contributed by atoms with Crippen molar-refractivity contribution in [2.45, 2.75) is 58.0 Å². The molecule has 0 bridgehead atoms. The van der Waals surface area contributed by atoms with Gasteiger partial charge in [0.15, 0.2) is 0 Å². The van der Waals surface area contributed by atoms with Crippen LogP contribution in [-0.4, -0.2) is 42.5 Å². The third kappa shape index (κ3) is 5.04. The maximum Gasteiger partial charge on any atom is 0.234 e. The molecular formula is C13H27N3O. The van der Waals surface area contributed by atoms with Crippen molar-refractivity contribution in [1.82, 2.24) is 10.2 Å². The van der Waals surface area contributed by atoms with Crippen LogP contribution in [-0.2, 0) is 4.79 Å². The molecule has 0 aliphatic carbocycles. The second-order valence-electron chi connectivity index (χ2n) is 5.11. The monoisotopic (exact) mass is 241 g/mol. The van der Waals surface area contributed by atoms with Gasteiger partial charge in [0, 0.05) is 18.6 Å². The number of piperidine rings is 1. The van der Waals surface area contributed by atoms with Crippen molar-refractivity contribution in [3.05, 3.63) is 0 Å². The Hall–Kier alpha value is -0.610. The average Bonchev–Trinajstić information content (AvgIpc) is 2.29. The minimum atomic E-state index is 0.145. The van der Waals surface area contributed by atoms with Gasteiger partial charge in [-0.1, -0.05) is 19.8 Å². The van der Waals surface area contributed by atoms with E-state index in [9.17, 15) is 4.79 Å². The highest BCUT2D eigenvalue weighted by Gasteiger charge is 2.23. The summed E-state index contributed by atoms with van der Waals surface area (Å²) < 4.78 is 0. The van der Waals surface area contributed by atoms with E-state index in [1.807, 2.05) is 0 Å². The maximum atomic E-state index is 11.9. The third-order valence-corrected chi connectivity index (χ3v) is 3.50. The van der Waals surface area contributed by atoms with Crippen LogP contribution in [0.15, 0.2) is 0 Å². The minimum absolute atomic E-state index is 0.145. The summed E-state index contributed by atoms with van der Waals surface area (Å²) in [5, 5.41) is 3.05. The molecule has 17 heavy (non-hydrogen) atoms. The first-order chi connectivity index (χ1) is 8.17. The molecule has 0 radical (unpaired) electrons. The lowest BCUT2D eigenvalue weighted by Gasteiger charge is -2.34. The van der Waals surface area contributed by atoms with Gasteiger partial charge in [-0.15, -0.1) is 0 Å². The van der Waals surface area contributed by atoms with Gasteiger partial charge in [0.05, 0.1) is 6.54 Å². The van der Waals surface area contributed by atoms with Crippen molar-refractivity contribution in [1.29, 1.82) is 0 Å². The molecule has 1 fully saturated rings. The van der Waals surface area contributed by atoms with Crippen LogP contribution >= 0.6 is 0 Å². The predicted molar refractivity (Wildman–Crippen MR) is 70.8 cm³/mol. The van der Waals surface area contributed by atoms with Gasteiger partial charge in [-0.25, -0.2) is 0 Å². The molecule has 0 saturated carbocycles. The van der Waals surface area contributed by atoms with E-state index in [2.05, 4.69) is 24.1 Å². The van der Waals surface area contributed by atoms with E-state index in [4.69, 9.17) is 5.73 Å². The topological polar surface area (TPSA) is 58.4 Å². The average molecular weight is 241 g/mol. The molecule has 1 aliphatic rings. The van der Waals surface area contributed by atoms with Crippen molar-refractivity contribution < 1.29 is 4.79 Å². The largest absolute Gasteiger partial charge is 0.353 e. The van der Waals surface area contributed by atoms with E-state index in [0.29, 0.717) is 19.1 Å². The fourth-order valence-electron chi connectivity index (χ4n) is 2.55. The summed E-state index contributed by atoms with van der Waals surface area (Å²) in [4.78, 5) is 14.1. The Morgan fingerprint density at radius 2 is 2.29 bits per heavy atom. The number of carbonyl (C=O) groups is 1. The molecule has 1 rings (SSSR count). The number of nitrogens with two attached hydrogens (primary N) is 1. The number of rotatable bonds is 6. The molecule has 1 aliphatic heterocycles. The lowest BCUT2D eigenvalue weighted by atomic mass is 10.0. The van der Waals surface area contributed by atoms with Crippen LogP contribution < -0.4 is 11.1 Å². The van der Waals surface area contributed by atoms with Gasteiger partial charge < -0.3 is 11.1 Å². The summed E-state index contributed by atoms with van der Waals surface area (Å²) in [6.07, 6.45) is 5.72. The summed E-state index contributed by atoms with van der Waals surface area (Å²) >= 11 is 0. The van der Waals surface area contributed by atoms with Crippen LogP contribution in [0.1, 0.15) is 46.0 Å². The zero-order valence-corrected chi connectivity index (χ0v) is 11.2. The van der Waals surface area contributed by atoms with E-state index >= 15 is 0 Å². The van der Waals surface area contributed by atoms with Crippen LogP contribution in [0, 0.1) is 0 Å². The van der Waals surface area contributed by atoms with Crippen molar-refractivity contribution >= 4 is 5.91 Å². The van der Waals surface area contributed by atoms with Crippen molar-refractivity contribution in [3.63, 3.8) is 0 Å². The molecular weight excluding hydrogens is 214 g/mol. The molecule has 0 aromatic heterocycles. The Morgan fingerprint density at radius 3 is 2.94 bits per heavy atom. The van der Waals surface area contributed by atoms with Crippen LogP contribution in [0.4, 0.5) is 0 Å². The lowest BCUT2D eigenvalue weighted by Crippen LogP contribution is -2.49. The Balaban J connectivity index is 2.33. The van der Waals surface area contributed by atoms with Crippen molar-refractivity contribution in [2.75, 3.05) is 19.6 Å². The Bertz CT molecular complexity index is 233. The van der Waals surface area contributed by atoms with E-state index in [0.717, 1.165) is 25.8 Å². The highest BCUT2D eigenvalue weighted by Crippen LogP contribution is 2.15. The fraction of sp³-hybridized carbons (Fsp3) is 0.923. The second kappa shape index (κ2) is 7.67. The van der Waals surface area contributed by atoms with Crippen LogP contribution in [0.5, 0.6) is 0 Å². The summed E-state index contributed by atoms with van der Waals surface area (Å²) in [6.45, 7) is 6.39. The summed E-state index contributed by atoms with van der Waals surface area (Å²) in [6, 6.07) is 0.685. The molecule has 0 aromatic rings. The Morgan fingerprint density at radius 1 is 1.53 bits per heavy atom. The molecule has 1 amide bonds. The number of carbonyl (C=O) groups excluding carboxylic acids is 1. The van der Waals surface area contributed by atoms with Gasteiger partial charge in [0.1, 0.15) is 0 Å². The smallest absolute Gasteiger partial charge is 0.234 e. The first-order valence-electron chi connectivity index (χ1n) is 6.90.